The molecule has 1 aromatic heterocycles. The summed E-state index contributed by atoms with van der Waals surface area (Å²) in [5, 5.41) is 5.66. The van der Waals surface area contributed by atoms with Crippen molar-refractivity contribution in [2.75, 3.05) is 13.7 Å². The van der Waals surface area contributed by atoms with E-state index in [9.17, 15) is 0 Å². The summed E-state index contributed by atoms with van der Waals surface area (Å²) in [6.07, 6.45) is 4.71. The zero-order valence-electron chi connectivity index (χ0n) is 12.4. The van der Waals surface area contributed by atoms with E-state index in [0.29, 0.717) is 5.41 Å². The van der Waals surface area contributed by atoms with Crippen LogP contribution in [0.25, 0.3) is 17.0 Å². The number of benzene rings is 1. The predicted molar refractivity (Wildman–Crippen MR) is 85.6 cm³/mol. The van der Waals surface area contributed by atoms with Crippen molar-refractivity contribution >= 4 is 22.7 Å². The molecule has 0 radical (unpaired) electrons. The van der Waals surface area contributed by atoms with Gasteiger partial charge in [0, 0.05) is 22.0 Å². The van der Waals surface area contributed by atoms with Gasteiger partial charge in [0.1, 0.15) is 5.75 Å². The summed E-state index contributed by atoms with van der Waals surface area (Å²) >= 11 is 0. The number of aromatic nitrogens is 1. The normalized spacial score (nSPS) is 21.4. The minimum atomic E-state index is 0.296. The average molecular weight is 281 g/mol. The molecule has 108 valence electrons. The molecular weight excluding hydrogens is 262 g/mol. The number of hydrogen-bond acceptors (Lipinski definition) is 3. The number of nitrogens with one attached hydrogen (secondary N) is 2. The first-order valence-electron chi connectivity index (χ1n) is 7.37. The van der Waals surface area contributed by atoms with Crippen LogP contribution in [0.5, 0.6) is 5.75 Å². The largest absolute Gasteiger partial charge is 0.497 e. The molecule has 1 saturated carbocycles. The second-order valence-corrected chi connectivity index (χ2v) is 6.20. The van der Waals surface area contributed by atoms with E-state index in [1.807, 2.05) is 6.07 Å². The molecular formula is C17H19N3O. The van der Waals surface area contributed by atoms with Crippen molar-refractivity contribution in [2.24, 2.45) is 10.5 Å². The lowest BCUT2D eigenvalue weighted by Crippen LogP contribution is -2.12. The Morgan fingerprint density at radius 2 is 2.14 bits per heavy atom. The minimum Gasteiger partial charge on any atom is -0.497 e. The molecule has 4 nitrogen and oxygen atoms in total. The number of nitrogens with zero attached hydrogens (tertiary/aromatic N) is 1. The van der Waals surface area contributed by atoms with Gasteiger partial charge in [0.05, 0.1) is 19.4 Å². The molecule has 1 aliphatic carbocycles. The third-order valence-electron chi connectivity index (χ3n) is 4.51. The van der Waals surface area contributed by atoms with E-state index in [1.54, 1.807) is 7.11 Å². The summed E-state index contributed by atoms with van der Waals surface area (Å²) in [5.41, 5.74) is 8.21. The van der Waals surface area contributed by atoms with Gasteiger partial charge in [0.15, 0.2) is 0 Å². The van der Waals surface area contributed by atoms with E-state index in [-0.39, 0.29) is 0 Å². The van der Waals surface area contributed by atoms with Crippen molar-refractivity contribution in [3.8, 4) is 5.75 Å². The topological polar surface area (TPSA) is 49.4 Å². The van der Waals surface area contributed by atoms with E-state index >= 15 is 0 Å². The Hall–Kier alpha value is -2.23. The number of H-pyrrole nitrogens is 1. The van der Waals surface area contributed by atoms with Crippen molar-refractivity contribution in [1.82, 2.24) is 10.4 Å². The zero-order chi connectivity index (χ0) is 14.4. The molecule has 2 N–H and O–H groups in total. The number of hydrazone groups is 1. The van der Waals surface area contributed by atoms with E-state index in [2.05, 4.69) is 46.7 Å². The van der Waals surface area contributed by atoms with Crippen LogP contribution < -0.4 is 10.2 Å². The lowest BCUT2D eigenvalue weighted by molar-refractivity contribution is 0.415. The van der Waals surface area contributed by atoms with E-state index < -0.39 is 0 Å². The molecule has 21 heavy (non-hydrogen) atoms. The minimum absolute atomic E-state index is 0.296. The molecule has 2 heterocycles. The van der Waals surface area contributed by atoms with Crippen LogP contribution in [0.2, 0.25) is 0 Å². The van der Waals surface area contributed by atoms with Crippen LogP contribution in [0.4, 0.5) is 0 Å². The Bertz CT molecular complexity index is 765. The Kier molecular flexibility index (Phi) is 2.61. The van der Waals surface area contributed by atoms with Gasteiger partial charge in [-0.3, -0.25) is 0 Å². The lowest BCUT2D eigenvalue weighted by atomic mass is 9.96. The summed E-state index contributed by atoms with van der Waals surface area (Å²) < 4.78 is 5.28. The lowest BCUT2D eigenvalue weighted by Gasteiger charge is -2.08. The maximum atomic E-state index is 5.28. The van der Waals surface area contributed by atoms with Crippen molar-refractivity contribution in [3.05, 3.63) is 35.5 Å². The first-order valence-corrected chi connectivity index (χ1v) is 7.37. The molecule has 0 bridgehead atoms. The highest BCUT2D eigenvalue weighted by Gasteiger charge is 2.45. The Morgan fingerprint density at radius 3 is 2.90 bits per heavy atom. The van der Waals surface area contributed by atoms with Crippen LogP contribution in [0.1, 0.15) is 25.5 Å². The Balaban J connectivity index is 1.70. The highest BCUT2D eigenvalue weighted by molar-refractivity contribution is 6.10. The van der Waals surface area contributed by atoms with Gasteiger partial charge in [-0.1, -0.05) is 6.92 Å². The van der Waals surface area contributed by atoms with Crippen molar-refractivity contribution in [2.45, 2.75) is 19.8 Å². The molecule has 0 atom stereocenters. The molecule has 1 fully saturated rings. The molecule has 4 rings (SSSR count). The standard InChI is InChI=1S/C17H19N3O/c1-17(5-6-17)16-12(10-18-20-16)8-13-7-11-9-14(21-2)3-4-15(11)19-13/h3-4,7-9,18-19H,5-6,10H2,1-2H3. The van der Waals surface area contributed by atoms with Gasteiger partial charge in [-0.2, -0.15) is 5.10 Å². The average Bonchev–Trinajstić information content (AvgIpc) is 2.91. The van der Waals surface area contributed by atoms with Crippen LogP contribution in [0, 0.1) is 5.41 Å². The summed E-state index contributed by atoms with van der Waals surface area (Å²) in [5.74, 6) is 0.885. The second kappa shape index (κ2) is 4.38. The number of hydrogen-bond donors (Lipinski definition) is 2. The van der Waals surface area contributed by atoms with E-state index in [1.165, 1.54) is 29.5 Å². The van der Waals surface area contributed by atoms with Crippen LogP contribution in [0.3, 0.4) is 0 Å². The highest BCUT2D eigenvalue weighted by Crippen LogP contribution is 2.48. The van der Waals surface area contributed by atoms with Gasteiger partial charge < -0.3 is 15.1 Å². The van der Waals surface area contributed by atoms with Gasteiger partial charge in [0.25, 0.3) is 0 Å². The molecule has 1 aromatic carbocycles. The Labute approximate surface area is 123 Å². The number of rotatable bonds is 3. The maximum Gasteiger partial charge on any atom is 0.119 e. The predicted octanol–water partition coefficient (Wildman–Crippen LogP) is 3.32. The summed E-state index contributed by atoms with van der Waals surface area (Å²) in [6.45, 7) is 3.12. The van der Waals surface area contributed by atoms with E-state index in [4.69, 9.17) is 4.74 Å². The smallest absolute Gasteiger partial charge is 0.119 e. The van der Waals surface area contributed by atoms with Crippen LogP contribution in [0.15, 0.2) is 34.9 Å². The fraction of sp³-hybridized carbons (Fsp3) is 0.353. The molecule has 2 aliphatic rings. The van der Waals surface area contributed by atoms with Gasteiger partial charge >= 0.3 is 0 Å². The fourth-order valence-corrected chi connectivity index (χ4v) is 2.95. The van der Waals surface area contributed by atoms with Crippen molar-refractivity contribution in [3.63, 3.8) is 0 Å². The molecule has 4 heteroatoms. The number of ether oxygens (including phenoxy) is 1. The maximum absolute atomic E-state index is 5.28. The van der Waals surface area contributed by atoms with Gasteiger partial charge in [-0.15, -0.1) is 0 Å². The highest BCUT2D eigenvalue weighted by atomic mass is 16.5. The number of methoxy groups -OCH3 is 1. The first kappa shape index (κ1) is 12.5. The van der Waals surface area contributed by atoms with Crippen molar-refractivity contribution in [1.29, 1.82) is 0 Å². The Morgan fingerprint density at radius 1 is 1.29 bits per heavy atom. The van der Waals surface area contributed by atoms with Gasteiger partial charge in [-0.25, -0.2) is 0 Å². The van der Waals surface area contributed by atoms with Crippen LogP contribution in [-0.4, -0.2) is 24.4 Å². The van der Waals surface area contributed by atoms with E-state index in [0.717, 1.165) is 23.5 Å². The number of fused-ring (bicyclic) bond motifs is 1. The van der Waals surface area contributed by atoms with Gasteiger partial charge in [-0.05, 0) is 48.8 Å². The monoisotopic (exact) mass is 281 g/mol. The van der Waals surface area contributed by atoms with Crippen LogP contribution in [-0.2, 0) is 0 Å². The third-order valence-corrected chi connectivity index (χ3v) is 4.51. The SMILES string of the molecule is COc1ccc2[nH]c(C=C3CNN=C3C3(C)CC3)cc2c1. The van der Waals surface area contributed by atoms with Gasteiger partial charge in [0.2, 0.25) is 0 Å². The molecule has 0 saturated heterocycles. The summed E-state index contributed by atoms with van der Waals surface area (Å²) in [6, 6.07) is 8.25. The molecule has 2 aromatic rings. The summed E-state index contributed by atoms with van der Waals surface area (Å²) in [4.78, 5) is 3.45. The zero-order valence-corrected chi connectivity index (χ0v) is 12.4. The molecule has 0 unspecified atom stereocenters. The molecule has 1 aliphatic heterocycles. The molecule has 0 amide bonds. The number of aromatic amines is 1. The molecule has 0 spiro atoms. The summed E-state index contributed by atoms with van der Waals surface area (Å²) in [7, 11) is 1.69. The van der Waals surface area contributed by atoms with Crippen molar-refractivity contribution < 1.29 is 4.74 Å². The second-order valence-electron chi connectivity index (χ2n) is 6.20. The first-order chi connectivity index (χ1) is 10.2. The fourth-order valence-electron chi connectivity index (χ4n) is 2.95. The quantitative estimate of drug-likeness (QED) is 0.906. The van der Waals surface area contributed by atoms with Crippen LogP contribution >= 0.6 is 0 Å². The third kappa shape index (κ3) is 2.11.